The number of benzene rings is 1. The van der Waals surface area contributed by atoms with Crippen LogP contribution in [-0.2, 0) is 0 Å². The summed E-state index contributed by atoms with van der Waals surface area (Å²) in [5.41, 5.74) is 1.21. The van der Waals surface area contributed by atoms with Gasteiger partial charge < -0.3 is 15.2 Å². The topological polar surface area (TPSA) is 41.5 Å². The van der Waals surface area contributed by atoms with Gasteiger partial charge in [0.05, 0.1) is 0 Å². The second kappa shape index (κ2) is 7.65. The van der Waals surface area contributed by atoms with E-state index >= 15 is 0 Å². The maximum atomic E-state index is 9.97. The molecule has 112 valence electrons. The highest BCUT2D eigenvalue weighted by molar-refractivity contribution is 5.26. The van der Waals surface area contributed by atoms with Gasteiger partial charge in [0, 0.05) is 12.6 Å². The largest absolute Gasteiger partial charge is 0.491 e. The van der Waals surface area contributed by atoms with Gasteiger partial charge in [-0.25, -0.2) is 0 Å². The number of rotatable bonds is 9. The quantitative estimate of drug-likeness (QED) is 0.729. The molecular weight excluding hydrogens is 250 g/mol. The molecule has 0 aromatic heterocycles. The molecule has 1 aliphatic rings. The minimum absolute atomic E-state index is 0.343. The first-order chi connectivity index (χ1) is 9.67. The van der Waals surface area contributed by atoms with E-state index in [0.717, 1.165) is 18.1 Å². The number of hydrogen-bond acceptors (Lipinski definition) is 3. The molecular formula is C17H27NO2. The van der Waals surface area contributed by atoms with Crippen molar-refractivity contribution >= 4 is 0 Å². The lowest BCUT2D eigenvalue weighted by atomic mass is 10.1. The third-order valence-electron chi connectivity index (χ3n) is 3.91. The molecule has 0 aliphatic heterocycles. The van der Waals surface area contributed by atoms with Crippen LogP contribution in [0.4, 0.5) is 0 Å². The summed E-state index contributed by atoms with van der Waals surface area (Å²) in [6.45, 7) is 5.20. The number of nitrogens with one attached hydrogen (secondary N) is 1. The highest BCUT2D eigenvalue weighted by atomic mass is 16.5. The molecule has 3 nitrogen and oxygen atoms in total. The lowest BCUT2D eigenvalue weighted by Crippen LogP contribution is -2.38. The lowest BCUT2D eigenvalue weighted by molar-refractivity contribution is 0.103. The summed E-state index contributed by atoms with van der Waals surface area (Å²) in [5, 5.41) is 13.4. The molecule has 0 spiro atoms. The number of aliphatic hydroxyl groups is 1. The van der Waals surface area contributed by atoms with E-state index in [1.165, 1.54) is 24.8 Å². The fourth-order valence-electron chi connectivity index (χ4n) is 2.34. The highest BCUT2D eigenvalue weighted by Gasteiger charge is 2.24. The maximum Gasteiger partial charge on any atom is 0.119 e. The van der Waals surface area contributed by atoms with Gasteiger partial charge in [0.2, 0.25) is 0 Å². The van der Waals surface area contributed by atoms with E-state index in [0.29, 0.717) is 19.2 Å². The van der Waals surface area contributed by atoms with E-state index in [4.69, 9.17) is 4.74 Å². The van der Waals surface area contributed by atoms with E-state index in [9.17, 15) is 5.11 Å². The average molecular weight is 277 g/mol. The van der Waals surface area contributed by atoms with Crippen molar-refractivity contribution in [3.05, 3.63) is 29.8 Å². The van der Waals surface area contributed by atoms with Crippen LogP contribution < -0.4 is 10.1 Å². The van der Waals surface area contributed by atoms with E-state index in [1.807, 2.05) is 31.2 Å². The number of hydrogen-bond donors (Lipinski definition) is 2. The molecule has 20 heavy (non-hydrogen) atoms. The van der Waals surface area contributed by atoms with Crippen LogP contribution in [0.2, 0.25) is 0 Å². The highest BCUT2D eigenvalue weighted by Crippen LogP contribution is 2.33. The zero-order valence-electron chi connectivity index (χ0n) is 12.6. The predicted octanol–water partition coefficient (Wildman–Crippen LogP) is 2.90. The van der Waals surface area contributed by atoms with Crippen LogP contribution in [0, 0.1) is 12.8 Å². The van der Waals surface area contributed by atoms with Crippen molar-refractivity contribution in [1.29, 1.82) is 0 Å². The molecule has 1 aromatic rings. The van der Waals surface area contributed by atoms with Crippen molar-refractivity contribution in [3.63, 3.8) is 0 Å². The Bertz CT molecular complexity index is 386. The zero-order chi connectivity index (χ0) is 14.4. The third kappa shape index (κ3) is 5.51. The van der Waals surface area contributed by atoms with Crippen molar-refractivity contribution in [3.8, 4) is 5.75 Å². The Hall–Kier alpha value is -1.06. The van der Waals surface area contributed by atoms with Crippen LogP contribution in [-0.4, -0.2) is 30.4 Å². The van der Waals surface area contributed by atoms with Crippen molar-refractivity contribution in [2.45, 2.75) is 51.7 Å². The van der Waals surface area contributed by atoms with Crippen LogP contribution >= 0.6 is 0 Å². The van der Waals surface area contributed by atoms with Crippen LogP contribution in [0.1, 0.15) is 38.2 Å². The number of aryl methyl sites for hydroxylation is 1. The molecule has 0 radical (unpaired) electrons. The Labute approximate surface area is 122 Å². The summed E-state index contributed by atoms with van der Waals surface area (Å²) in [7, 11) is 0. The van der Waals surface area contributed by atoms with Crippen molar-refractivity contribution < 1.29 is 9.84 Å². The van der Waals surface area contributed by atoms with E-state index < -0.39 is 6.10 Å². The summed E-state index contributed by atoms with van der Waals surface area (Å²) in [4.78, 5) is 0. The predicted molar refractivity (Wildman–Crippen MR) is 82.1 cm³/mol. The molecule has 2 N–H and O–H groups in total. The summed E-state index contributed by atoms with van der Waals surface area (Å²) in [6.07, 6.45) is 4.70. The summed E-state index contributed by atoms with van der Waals surface area (Å²) < 4.78 is 5.59. The number of aliphatic hydroxyl groups excluding tert-OH is 1. The number of ether oxygens (including phenoxy) is 1. The van der Waals surface area contributed by atoms with Gasteiger partial charge in [-0.15, -0.1) is 0 Å². The van der Waals surface area contributed by atoms with Crippen LogP contribution in [0.15, 0.2) is 24.3 Å². The molecule has 1 aromatic carbocycles. The standard InChI is InChI=1S/C17H27NO2/c1-3-15(10-14-6-7-14)18-11-16(19)12-20-17-8-4-13(2)5-9-17/h4-5,8-9,14-16,18-19H,3,6-7,10-12H2,1-2H3. The van der Waals surface area contributed by atoms with Crippen molar-refractivity contribution in [1.82, 2.24) is 5.32 Å². The van der Waals surface area contributed by atoms with E-state index in [1.54, 1.807) is 0 Å². The molecule has 0 saturated heterocycles. The van der Waals surface area contributed by atoms with E-state index in [2.05, 4.69) is 12.2 Å². The Balaban J connectivity index is 1.63. The summed E-state index contributed by atoms with van der Waals surface area (Å²) in [6, 6.07) is 8.46. The molecule has 0 bridgehead atoms. The van der Waals surface area contributed by atoms with Crippen LogP contribution in [0.3, 0.4) is 0 Å². The van der Waals surface area contributed by atoms with Gasteiger partial charge in [-0.3, -0.25) is 0 Å². The second-order valence-corrected chi connectivity index (χ2v) is 5.97. The molecule has 3 heteroatoms. The molecule has 2 rings (SSSR count). The first kappa shape index (κ1) is 15.3. The SMILES string of the molecule is CCC(CC1CC1)NCC(O)COc1ccc(C)cc1. The first-order valence-corrected chi connectivity index (χ1v) is 7.78. The molecule has 0 amide bonds. The van der Waals surface area contributed by atoms with Gasteiger partial charge in [0.1, 0.15) is 18.5 Å². The monoisotopic (exact) mass is 277 g/mol. The zero-order valence-corrected chi connectivity index (χ0v) is 12.6. The smallest absolute Gasteiger partial charge is 0.119 e. The van der Waals surface area contributed by atoms with Crippen molar-refractivity contribution in [2.75, 3.05) is 13.2 Å². The molecule has 1 aliphatic carbocycles. The van der Waals surface area contributed by atoms with Gasteiger partial charge in [-0.2, -0.15) is 0 Å². The Morgan fingerprint density at radius 1 is 1.30 bits per heavy atom. The van der Waals surface area contributed by atoms with Crippen LogP contribution in [0.25, 0.3) is 0 Å². The molecule has 1 fully saturated rings. The van der Waals surface area contributed by atoms with Gasteiger partial charge in [-0.1, -0.05) is 37.5 Å². The fraction of sp³-hybridized carbons (Fsp3) is 0.647. The summed E-state index contributed by atoms with van der Waals surface area (Å²) in [5.74, 6) is 1.74. The molecule has 2 unspecified atom stereocenters. The normalized spacial score (nSPS) is 17.8. The Morgan fingerprint density at radius 2 is 2.00 bits per heavy atom. The fourth-order valence-corrected chi connectivity index (χ4v) is 2.34. The van der Waals surface area contributed by atoms with Crippen LogP contribution in [0.5, 0.6) is 5.75 Å². The van der Waals surface area contributed by atoms with Gasteiger partial charge in [0.15, 0.2) is 0 Å². The maximum absolute atomic E-state index is 9.97. The lowest BCUT2D eigenvalue weighted by Gasteiger charge is -2.19. The van der Waals surface area contributed by atoms with Gasteiger partial charge >= 0.3 is 0 Å². The minimum Gasteiger partial charge on any atom is -0.491 e. The Morgan fingerprint density at radius 3 is 2.60 bits per heavy atom. The molecule has 0 heterocycles. The van der Waals surface area contributed by atoms with Gasteiger partial charge in [0.25, 0.3) is 0 Å². The van der Waals surface area contributed by atoms with Crippen molar-refractivity contribution in [2.24, 2.45) is 5.92 Å². The minimum atomic E-state index is -0.454. The summed E-state index contributed by atoms with van der Waals surface area (Å²) >= 11 is 0. The average Bonchev–Trinajstić information content (AvgIpc) is 3.26. The second-order valence-electron chi connectivity index (χ2n) is 5.97. The van der Waals surface area contributed by atoms with Gasteiger partial charge in [-0.05, 0) is 37.8 Å². The third-order valence-corrected chi connectivity index (χ3v) is 3.91. The molecule has 1 saturated carbocycles. The van der Waals surface area contributed by atoms with E-state index in [-0.39, 0.29) is 0 Å². The Kier molecular flexibility index (Phi) is 5.86. The first-order valence-electron chi connectivity index (χ1n) is 7.78. The molecule has 2 atom stereocenters.